The third kappa shape index (κ3) is 46.5. The van der Waals surface area contributed by atoms with E-state index < -0.39 is 6.10 Å². The Balaban J connectivity index is 4.19. The van der Waals surface area contributed by atoms with Crippen LogP contribution in [0.3, 0.4) is 0 Å². The lowest BCUT2D eigenvalue weighted by atomic mass is 10.1. The van der Waals surface area contributed by atoms with Crippen molar-refractivity contribution in [3.63, 3.8) is 0 Å². The second-order valence-corrected chi connectivity index (χ2v) is 17.1. The minimum absolute atomic E-state index is 0.0771. The summed E-state index contributed by atoms with van der Waals surface area (Å²) in [6.07, 6.45) is 55.8. The second kappa shape index (κ2) is 48.3. The Morgan fingerprint density at radius 1 is 0.339 bits per heavy atom. The molecule has 0 aliphatic heterocycles. The summed E-state index contributed by atoms with van der Waals surface area (Å²) >= 11 is 0. The highest BCUT2D eigenvalue weighted by Crippen LogP contribution is 2.15. The number of rotatable bonds is 46. The molecule has 0 N–H and O–H groups in total. The molecule has 0 amide bonds. The first-order chi connectivity index (χ1) is 29.0. The van der Waals surface area contributed by atoms with Crippen LogP contribution in [0.25, 0.3) is 0 Å². The van der Waals surface area contributed by atoms with E-state index in [1.54, 1.807) is 0 Å². The van der Waals surface area contributed by atoms with Crippen molar-refractivity contribution in [2.45, 2.75) is 271 Å². The van der Waals surface area contributed by atoms with Gasteiger partial charge >= 0.3 is 17.9 Å². The molecule has 0 saturated carbocycles. The summed E-state index contributed by atoms with van der Waals surface area (Å²) in [4.78, 5) is 37.7. The van der Waals surface area contributed by atoms with Crippen molar-refractivity contribution in [3.05, 3.63) is 36.5 Å². The molecule has 0 aromatic carbocycles. The average molecular weight is 829 g/mol. The van der Waals surface area contributed by atoms with Crippen LogP contribution in [0.15, 0.2) is 36.5 Å². The van der Waals surface area contributed by atoms with Crippen LogP contribution >= 0.6 is 0 Å². The molecular formula is C53H96O6. The first-order valence-corrected chi connectivity index (χ1v) is 25.5. The summed E-state index contributed by atoms with van der Waals surface area (Å²) in [5.41, 5.74) is 0. The number of hydrogen-bond acceptors (Lipinski definition) is 6. The first kappa shape index (κ1) is 56.6. The van der Waals surface area contributed by atoms with Crippen LogP contribution in [0, 0.1) is 0 Å². The van der Waals surface area contributed by atoms with Gasteiger partial charge in [0.2, 0.25) is 0 Å². The highest BCUT2D eigenvalue weighted by Gasteiger charge is 2.19. The maximum atomic E-state index is 12.7. The number of carbonyl (C=O) groups is 3. The Morgan fingerprint density at radius 3 is 1.02 bits per heavy atom. The van der Waals surface area contributed by atoms with Gasteiger partial charge in [-0.3, -0.25) is 14.4 Å². The predicted molar refractivity (Wildman–Crippen MR) is 252 cm³/mol. The third-order valence-electron chi connectivity index (χ3n) is 11.1. The minimum Gasteiger partial charge on any atom is -0.462 e. The van der Waals surface area contributed by atoms with E-state index in [1.807, 2.05) is 0 Å². The number of ether oxygens (including phenoxy) is 3. The van der Waals surface area contributed by atoms with E-state index in [1.165, 1.54) is 135 Å². The van der Waals surface area contributed by atoms with Crippen molar-refractivity contribution in [3.8, 4) is 0 Å². The molecule has 0 rings (SSSR count). The van der Waals surface area contributed by atoms with Crippen LogP contribution in [0.2, 0.25) is 0 Å². The number of unbranched alkanes of at least 4 members (excludes halogenated alkanes) is 29. The van der Waals surface area contributed by atoms with Crippen molar-refractivity contribution in [1.82, 2.24) is 0 Å². The second-order valence-electron chi connectivity index (χ2n) is 17.1. The van der Waals surface area contributed by atoms with Crippen LogP contribution in [0.5, 0.6) is 0 Å². The van der Waals surface area contributed by atoms with E-state index in [4.69, 9.17) is 14.2 Å². The van der Waals surface area contributed by atoms with Crippen LogP contribution in [-0.2, 0) is 28.6 Å². The van der Waals surface area contributed by atoms with Crippen molar-refractivity contribution in [1.29, 1.82) is 0 Å². The summed E-state index contributed by atoms with van der Waals surface area (Å²) in [6, 6.07) is 0. The predicted octanol–water partition coefficient (Wildman–Crippen LogP) is 16.5. The molecule has 0 heterocycles. The van der Waals surface area contributed by atoms with E-state index in [9.17, 15) is 14.4 Å². The van der Waals surface area contributed by atoms with Gasteiger partial charge in [0.1, 0.15) is 13.2 Å². The fourth-order valence-corrected chi connectivity index (χ4v) is 7.24. The maximum absolute atomic E-state index is 12.7. The van der Waals surface area contributed by atoms with Gasteiger partial charge in [0.25, 0.3) is 0 Å². The monoisotopic (exact) mass is 829 g/mol. The molecular weight excluding hydrogens is 733 g/mol. The van der Waals surface area contributed by atoms with E-state index in [2.05, 4.69) is 57.2 Å². The van der Waals surface area contributed by atoms with E-state index in [-0.39, 0.29) is 31.1 Å². The summed E-state index contributed by atoms with van der Waals surface area (Å²) in [5.74, 6) is -0.894. The highest BCUT2D eigenvalue weighted by atomic mass is 16.6. The summed E-state index contributed by atoms with van der Waals surface area (Å²) < 4.78 is 16.7. The molecule has 0 aromatic rings. The number of allylic oxidation sites excluding steroid dienone is 6. The van der Waals surface area contributed by atoms with Crippen LogP contribution in [0.1, 0.15) is 265 Å². The Morgan fingerprint density at radius 2 is 0.644 bits per heavy atom. The Labute approximate surface area is 365 Å². The topological polar surface area (TPSA) is 78.9 Å². The molecule has 1 unspecified atom stereocenters. The molecule has 0 aliphatic carbocycles. The zero-order valence-electron chi connectivity index (χ0n) is 39.3. The number of carbonyl (C=O) groups excluding carboxylic acids is 3. The lowest BCUT2D eigenvalue weighted by Gasteiger charge is -2.18. The molecule has 344 valence electrons. The molecule has 0 bridgehead atoms. The van der Waals surface area contributed by atoms with Crippen LogP contribution in [0.4, 0.5) is 0 Å². The molecule has 0 fully saturated rings. The third-order valence-corrected chi connectivity index (χ3v) is 11.1. The van der Waals surface area contributed by atoms with Gasteiger partial charge in [-0.2, -0.15) is 0 Å². The van der Waals surface area contributed by atoms with Crippen molar-refractivity contribution >= 4 is 17.9 Å². The smallest absolute Gasteiger partial charge is 0.306 e. The van der Waals surface area contributed by atoms with Crippen molar-refractivity contribution < 1.29 is 28.6 Å². The van der Waals surface area contributed by atoms with Crippen molar-refractivity contribution in [2.24, 2.45) is 0 Å². The van der Waals surface area contributed by atoms with Crippen molar-refractivity contribution in [2.75, 3.05) is 13.2 Å². The molecule has 0 aliphatic rings. The summed E-state index contributed by atoms with van der Waals surface area (Å²) in [7, 11) is 0. The molecule has 0 spiro atoms. The molecule has 0 radical (unpaired) electrons. The zero-order valence-corrected chi connectivity index (χ0v) is 39.3. The number of esters is 3. The number of hydrogen-bond donors (Lipinski definition) is 0. The van der Waals surface area contributed by atoms with Gasteiger partial charge in [-0.25, -0.2) is 0 Å². The average Bonchev–Trinajstić information content (AvgIpc) is 3.23. The van der Waals surface area contributed by atoms with Gasteiger partial charge < -0.3 is 14.2 Å². The Kier molecular flexibility index (Phi) is 46.4. The van der Waals surface area contributed by atoms with Gasteiger partial charge in [-0.15, -0.1) is 0 Å². The normalized spacial score (nSPS) is 12.3. The molecule has 59 heavy (non-hydrogen) atoms. The van der Waals surface area contributed by atoms with Crippen LogP contribution in [-0.4, -0.2) is 37.2 Å². The van der Waals surface area contributed by atoms with Gasteiger partial charge in [0.05, 0.1) is 0 Å². The highest BCUT2D eigenvalue weighted by molar-refractivity contribution is 5.71. The minimum atomic E-state index is -0.774. The molecule has 1 atom stereocenters. The quantitative estimate of drug-likeness (QED) is 0.0263. The van der Waals surface area contributed by atoms with Gasteiger partial charge in [0, 0.05) is 19.3 Å². The summed E-state index contributed by atoms with van der Waals surface area (Å²) in [6.45, 7) is 6.53. The standard InChI is InChI=1S/C53H96O6/c1-4-7-10-13-16-18-20-22-23-24-25-26-27-28-29-31-32-34-37-40-43-46-52(55)58-49-50(48-57-51(54)45-42-39-36-15-12-9-6-3)59-53(56)47-44-41-38-35-33-30-21-19-17-14-11-8-5-2/h11,14,19,21,24-25,50H,4-10,12-13,15-18,20,22-23,26-49H2,1-3H3/b14-11-,21-19-,25-24-. The lowest BCUT2D eigenvalue weighted by Crippen LogP contribution is -2.30. The maximum Gasteiger partial charge on any atom is 0.306 e. The largest absolute Gasteiger partial charge is 0.462 e. The van der Waals surface area contributed by atoms with E-state index in [0.29, 0.717) is 19.3 Å². The lowest BCUT2D eigenvalue weighted by molar-refractivity contribution is -0.167. The van der Waals surface area contributed by atoms with E-state index >= 15 is 0 Å². The zero-order chi connectivity index (χ0) is 43.0. The van der Waals surface area contributed by atoms with E-state index in [0.717, 1.165) is 89.9 Å². The fraction of sp³-hybridized carbons (Fsp3) is 0.830. The van der Waals surface area contributed by atoms with Gasteiger partial charge in [-0.1, -0.05) is 211 Å². The summed E-state index contributed by atoms with van der Waals surface area (Å²) in [5, 5.41) is 0. The van der Waals surface area contributed by atoms with Gasteiger partial charge in [-0.05, 0) is 70.6 Å². The van der Waals surface area contributed by atoms with Gasteiger partial charge in [0.15, 0.2) is 6.10 Å². The fourth-order valence-electron chi connectivity index (χ4n) is 7.24. The SMILES string of the molecule is CCC/C=C\C/C=C\CCCCCCCC(=O)OC(COC(=O)CCCCCCCCC)COC(=O)CCCCCCCCCCC/C=C\CCCCCCCCCC. The molecule has 6 nitrogen and oxygen atoms in total. The molecule has 0 aromatic heterocycles. The Bertz CT molecular complexity index is 1000. The van der Waals surface area contributed by atoms with Crippen LogP contribution < -0.4 is 0 Å². The molecule has 0 saturated heterocycles. The molecule has 6 heteroatoms. The Hall–Kier alpha value is -2.37. The first-order valence-electron chi connectivity index (χ1n) is 25.5.